The monoisotopic (exact) mass is 788 g/mol. The Hall–Kier alpha value is -4.16. The normalized spacial score (nSPS) is 11.5. The second-order valence-corrected chi connectivity index (χ2v) is 16.9. The van der Waals surface area contributed by atoms with Gasteiger partial charge in [0.05, 0.1) is 5.56 Å². The van der Waals surface area contributed by atoms with Gasteiger partial charge in [0.1, 0.15) is 0 Å². The van der Waals surface area contributed by atoms with Crippen molar-refractivity contribution in [2.75, 3.05) is 6.61 Å². The molecule has 0 spiro atoms. The summed E-state index contributed by atoms with van der Waals surface area (Å²) in [6, 6.07) is 21.9. The van der Waals surface area contributed by atoms with E-state index in [0.717, 1.165) is 6.61 Å². The van der Waals surface area contributed by atoms with E-state index in [2.05, 4.69) is 84.3 Å². The van der Waals surface area contributed by atoms with Gasteiger partial charge in [0.15, 0.2) is 54.9 Å². The van der Waals surface area contributed by atoms with Crippen molar-refractivity contribution in [3.05, 3.63) is 154 Å². The zero-order valence-electron chi connectivity index (χ0n) is 32.0. The Morgan fingerprint density at radius 2 is 0.907 bits per heavy atom. The summed E-state index contributed by atoms with van der Waals surface area (Å²) < 4.78 is 132. The van der Waals surface area contributed by atoms with Crippen LogP contribution in [0.2, 0.25) is 19.1 Å². The van der Waals surface area contributed by atoms with Crippen molar-refractivity contribution in [2.24, 2.45) is 0 Å². The lowest BCUT2D eigenvalue weighted by molar-refractivity contribution is 0.330. The molecule has 0 fully saturated rings. The number of hydrogen-bond donors (Lipinski definition) is 0. The summed E-state index contributed by atoms with van der Waals surface area (Å²) in [6.07, 6.45) is 3.92. The maximum atomic E-state index is 13.1. The Balaban J connectivity index is 0.000000665. The molecule has 4 aromatic carbocycles. The second-order valence-electron chi connectivity index (χ2n) is 12.4. The van der Waals surface area contributed by atoms with E-state index >= 15 is 0 Å². The van der Waals surface area contributed by atoms with Crippen LogP contribution in [0.25, 0.3) is 12.2 Å². The summed E-state index contributed by atoms with van der Waals surface area (Å²) in [5, 5.41) is 0. The van der Waals surface area contributed by atoms with Crippen LogP contribution in [-0.2, 0) is 4.43 Å². The van der Waals surface area contributed by atoms with Crippen molar-refractivity contribution in [3.8, 4) is 0 Å². The molecule has 0 amide bonds. The molecule has 0 aromatic heterocycles. The third-order valence-corrected chi connectivity index (χ3v) is 11.0. The average Bonchev–Trinajstić information content (AvgIpc) is 3.19. The molecule has 2 unspecified atom stereocenters. The quantitative estimate of drug-likeness (QED) is 0.0710. The van der Waals surface area contributed by atoms with Crippen LogP contribution in [-0.4, -0.2) is 14.9 Å². The van der Waals surface area contributed by atoms with Gasteiger partial charge in [0, 0.05) is 12.2 Å². The van der Waals surface area contributed by atoms with E-state index in [1.165, 1.54) is 30.5 Å². The van der Waals surface area contributed by atoms with Gasteiger partial charge in [-0.3, -0.25) is 0 Å². The summed E-state index contributed by atoms with van der Waals surface area (Å²) in [4.78, 5) is 0. The third-order valence-electron chi connectivity index (χ3n) is 8.20. The van der Waals surface area contributed by atoms with Crippen molar-refractivity contribution in [1.82, 2.24) is 0 Å². The second kappa shape index (κ2) is 25.0. The molecule has 0 saturated heterocycles. The molecule has 0 aliphatic rings. The molecule has 12 heteroatoms. The smallest absolute Gasteiger partial charge is 0.200 e. The maximum Gasteiger partial charge on any atom is 0.200 e. The predicted octanol–water partition coefficient (Wildman–Crippen LogP) is 14.7. The van der Waals surface area contributed by atoms with Crippen LogP contribution >= 0.6 is 0 Å². The van der Waals surface area contributed by atoms with E-state index in [4.69, 9.17) is 4.43 Å². The van der Waals surface area contributed by atoms with E-state index in [1.807, 2.05) is 36.4 Å². The summed E-state index contributed by atoms with van der Waals surface area (Å²) >= 11 is 0. The zero-order valence-corrected chi connectivity index (χ0v) is 33.0. The largest absolute Gasteiger partial charge is 0.418 e. The third kappa shape index (κ3) is 15.3. The Labute approximate surface area is 314 Å². The lowest BCUT2D eigenvalue weighted by Crippen LogP contribution is -2.28. The summed E-state index contributed by atoms with van der Waals surface area (Å²) in [5.41, 5.74) is 0.864. The topological polar surface area (TPSA) is 9.23 Å². The summed E-state index contributed by atoms with van der Waals surface area (Å²) in [7, 11) is -1.18. The van der Waals surface area contributed by atoms with Gasteiger partial charge < -0.3 is 4.43 Å². The zero-order chi connectivity index (χ0) is 41.8. The minimum absolute atomic E-state index is 0.290. The summed E-state index contributed by atoms with van der Waals surface area (Å²) in [5.74, 6) is -19.2. The van der Waals surface area contributed by atoms with E-state index in [-0.39, 0.29) is 0 Å². The highest BCUT2D eigenvalue weighted by molar-refractivity contribution is 6.71. The average molecular weight is 789 g/mol. The number of rotatable bonds is 9. The fraction of sp³-hybridized carbons (Fsp3) is 0.333. The first-order valence-electron chi connectivity index (χ1n) is 17.3. The van der Waals surface area contributed by atoms with Gasteiger partial charge in [-0.15, -0.1) is 0 Å². The van der Waals surface area contributed by atoms with E-state index < -0.39 is 83.5 Å². The molecule has 0 bridgehead atoms. The Morgan fingerprint density at radius 1 is 0.537 bits per heavy atom. The molecule has 1 nitrogen and oxygen atoms in total. The fourth-order valence-electron chi connectivity index (χ4n) is 4.16. The van der Waals surface area contributed by atoms with E-state index in [9.17, 15) is 43.9 Å². The molecule has 4 rings (SSSR count). The molecular weight excluding hydrogens is 739 g/mol. The highest BCUT2D eigenvalue weighted by atomic mass is 28.4. The molecule has 4 aromatic rings. The van der Waals surface area contributed by atoms with Crippen LogP contribution in [0, 0.1) is 58.2 Å². The number of halogens is 10. The van der Waals surface area contributed by atoms with Crippen LogP contribution in [0.1, 0.15) is 88.5 Å². The lowest BCUT2D eigenvalue weighted by Gasteiger charge is -2.18. The van der Waals surface area contributed by atoms with Crippen molar-refractivity contribution in [2.45, 2.75) is 85.4 Å². The first kappa shape index (κ1) is 49.8. The van der Waals surface area contributed by atoms with Crippen LogP contribution < -0.4 is 0 Å². The van der Waals surface area contributed by atoms with Crippen LogP contribution in [0.3, 0.4) is 0 Å². The van der Waals surface area contributed by atoms with Crippen molar-refractivity contribution >= 4 is 20.5 Å². The Bertz CT molecular complexity index is 1670. The first-order chi connectivity index (χ1) is 25.3. The molecule has 298 valence electrons. The highest BCUT2D eigenvalue weighted by Gasteiger charge is 2.28. The SMILES string of the molecule is C=Cc1c(F)c(F)c(F)c(F)c1F.C=Cc1ccccc1.CCC(C)c1c(F)c(F)c(F)c(F)c1F.CCC(C)c1ccccc1.CCO[Si](C)(C)CC. The molecule has 0 N–H and O–H groups in total. The molecule has 54 heavy (non-hydrogen) atoms. The summed E-state index contributed by atoms with van der Waals surface area (Å²) in [6.45, 7) is 23.7. The standard InChI is InChI=1S/C10H9F5.C10H14.C8H3F5.C8H8.C6H16OSi/c1-3-4(2)5-6(11)8(13)10(15)9(14)7(5)12;1-3-9(2)10-7-5-4-6-8-10;1-2-3-4(9)6(11)8(13)7(12)5(3)10;1-2-8-6-4-3-5-7-8;1-5-7-8(3,4)6-2/h4H,3H2,1-2H3;4-9H,3H2,1-2H3;2H,1H2;2-7H,1H2;5-6H2,1-4H3. The van der Waals surface area contributed by atoms with Gasteiger partial charge in [0.2, 0.25) is 11.6 Å². The Morgan fingerprint density at radius 3 is 1.20 bits per heavy atom. The maximum absolute atomic E-state index is 13.1. The Kier molecular flexibility index (Phi) is 23.1. The number of hydrogen-bond acceptors (Lipinski definition) is 1. The van der Waals surface area contributed by atoms with Gasteiger partial charge in [-0.25, -0.2) is 43.9 Å². The lowest BCUT2D eigenvalue weighted by atomic mass is 9.97. The van der Waals surface area contributed by atoms with Gasteiger partial charge in [-0.1, -0.05) is 121 Å². The molecule has 0 saturated carbocycles. The van der Waals surface area contributed by atoms with Crippen molar-refractivity contribution in [3.63, 3.8) is 0 Å². The van der Waals surface area contributed by atoms with Crippen molar-refractivity contribution in [1.29, 1.82) is 0 Å². The van der Waals surface area contributed by atoms with Crippen LogP contribution in [0.5, 0.6) is 0 Å². The number of benzene rings is 4. The van der Waals surface area contributed by atoms with E-state index in [1.54, 1.807) is 6.92 Å². The molecule has 0 aliphatic heterocycles. The highest BCUT2D eigenvalue weighted by Crippen LogP contribution is 2.30. The van der Waals surface area contributed by atoms with Gasteiger partial charge in [0.25, 0.3) is 0 Å². The minimum Gasteiger partial charge on any atom is -0.418 e. The van der Waals surface area contributed by atoms with Gasteiger partial charge in [-0.2, -0.15) is 0 Å². The molecule has 0 radical (unpaired) electrons. The molecule has 0 heterocycles. The molecular formula is C42H50F10OSi. The van der Waals surface area contributed by atoms with E-state index in [0.29, 0.717) is 18.4 Å². The van der Waals surface area contributed by atoms with Gasteiger partial charge >= 0.3 is 0 Å². The minimum atomic E-state index is -2.17. The van der Waals surface area contributed by atoms with Gasteiger partial charge in [-0.05, 0) is 61.9 Å². The van der Waals surface area contributed by atoms with Crippen molar-refractivity contribution < 1.29 is 48.3 Å². The molecule has 2 atom stereocenters. The van der Waals surface area contributed by atoms with Crippen LogP contribution in [0.4, 0.5) is 43.9 Å². The first-order valence-corrected chi connectivity index (χ1v) is 20.4. The predicted molar refractivity (Wildman–Crippen MR) is 203 cm³/mol. The molecule has 0 aliphatic carbocycles. The fourth-order valence-corrected chi connectivity index (χ4v) is 5.14. The van der Waals surface area contributed by atoms with Crippen LogP contribution in [0.15, 0.2) is 73.8 Å².